The fraction of sp³-hybridized carbons (Fsp3) is 0.273. The molecule has 0 aliphatic carbocycles. The van der Waals surface area contributed by atoms with Crippen molar-refractivity contribution in [3.8, 4) is 11.4 Å². The van der Waals surface area contributed by atoms with Gasteiger partial charge in [0.25, 0.3) is 0 Å². The highest BCUT2D eigenvalue weighted by Gasteiger charge is 2.16. The first-order chi connectivity index (χ1) is 7.61. The Balaban J connectivity index is 2.63. The van der Waals surface area contributed by atoms with Crippen molar-refractivity contribution in [3.63, 3.8) is 0 Å². The highest BCUT2D eigenvalue weighted by Crippen LogP contribution is 2.30. The molecular formula is C11H11BrFN3. The summed E-state index contributed by atoms with van der Waals surface area (Å²) in [6.07, 6.45) is 1.61. The molecule has 0 atom stereocenters. The molecule has 5 heteroatoms. The third-order valence-corrected chi connectivity index (χ3v) is 2.98. The maximum absolute atomic E-state index is 13.7. The van der Waals surface area contributed by atoms with Crippen molar-refractivity contribution in [1.29, 1.82) is 0 Å². The summed E-state index contributed by atoms with van der Waals surface area (Å²) in [6.45, 7) is 4.00. The molecule has 1 heterocycles. The van der Waals surface area contributed by atoms with Crippen molar-refractivity contribution in [3.05, 3.63) is 34.8 Å². The van der Waals surface area contributed by atoms with Gasteiger partial charge < -0.3 is 4.57 Å². The van der Waals surface area contributed by atoms with Gasteiger partial charge in [0.15, 0.2) is 5.82 Å². The maximum Gasteiger partial charge on any atom is 0.168 e. The van der Waals surface area contributed by atoms with Gasteiger partial charge in [-0.3, -0.25) is 0 Å². The zero-order chi connectivity index (χ0) is 11.7. The Labute approximate surface area is 101 Å². The molecule has 3 nitrogen and oxygen atoms in total. The van der Waals surface area contributed by atoms with Gasteiger partial charge in [0.1, 0.15) is 12.1 Å². The molecule has 1 aromatic heterocycles. The lowest BCUT2D eigenvalue weighted by Crippen LogP contribution is -2.03. The Kier molecular flexibility index (Phi) is 3.05. The fourth-order valence-corrected chi connectivity index (χ4v) is 2.03. The van der Waals surface area contributed by atoms with Crippen LogP contribution in [0.2, 0.25) is 0 Å². The molecule has 0 fully saturated rings. The van der Waals surface area contributed by atoms with E-state index in [4.69, 9.17) is 0 Å². The van der Waals surface area contributed by atoms with E-state index in [-0.39, 0.29) is 11.9 Å². The molecule has 0 amide bonds. The van der Waals surface area contributed by atoms with Crippen molar-refractivity contribution in [2.24, 2.45) is 0 Å². The van der Waals surface area contributed by atoms with Crippen LogP contribution in [0.15, 0.2) is 29.0 Å². The van der Waals surface area contributed by atoms with Crippen molar-refractivity contribution in [1.82, 2.24) is 14.8 Å². The molecule has 0 spiro atoms. The number of hydrogen-bond donors (Lipinski definition) is 0. The Morgan fingerprint density at radius 2 is 2.12 bits per heavy atom. The van der Waals surface area contributed by atoms with E-state index in [0.29, 0.717) is 15.9 Å². The van der Waals surface area contributed by atoms with E-state index >= 15 is 0 Å². The van der Waals surface area contributed by atoms with Crippen molar-refractivity contribution >= 4 is 15.9 Å². The standard InChI is InChI=1S/C11H11BrFN3/c1-7(2)16-6-14-15-11(16)10-8(12)4-3-5-9(10)13/h3-7H,1-2H3. The first-order valence-corrected chi connectivity index (χ1v) is 5.74. The monoisotopic (exact) mass is 283 g/mol. The second-order valence-electron chi connectivity index (χ2n) is 3.75. The third kappa shape index (κ3) is 1.87. The second kappa shape index (κ2) is 4.33. The fourth-order valence-electron chi connectivity index (χ4n) is 1.51. The lowest BCUT2D eigenvalue weighted by atomic mass is 10.2. The lowest BCUT2D eigenvalue weighted by molar-refractivity contribution is 0.594. The van der Waals surface area contributed by atoms with Crippen LogP contribution >= 0.6 is 15.9 Å². The molecule has 1 aromatic carbocycles. The SMILES string of the molecule is CC(C)n1cnnc1-c1c(F)cccc1Br. The molecule has 84 valence electrons. The predicted molar refractivity (Wildman–Crippen MR) is 63.5 cm³/mol. The average Bonchev–Trinajstić information content (AvgIpc) is 2.66. The number of benzene rings is 1. The largest absolute Gasteiger partial charge is 0.311 e. The highest BCUT2D eigenvalue weighted by atomic mass is 79.9. The van der Waals surface area contributed by atoms with Gasteiger partial charge in [-0.25, -0.2) is 4.39 Å². The minimum Gasteiger partial charge on any atom is -0.311 e. The normalized spacial score (nSPS) is 11.1. The molecule has 0 unspecified atom stereocenters. The van der Waals surface area contributed by atoms with Crippen LogP contribution in [0.5, 0.6) is 0 Å². The quantitative estimate of drug-likeness (QED) is 0.846. The van der Waals surface area contributed by atoms with E-state index in [1.165, 1.54) is 6.07 Å². The van der Waals surface area contributed by atoms with Gasteiger partial charge in [0, 0.05) is 10.5 Å². The summed E-state index contributed by atoms with van der Waals surface area (Å²) in [5, 5.41) is 7.80. The summed E-state index contributed by atoms with van der Waals surface area (Å²) in [6, 6.07) is 5.05. The van der Waals surface area contributed by atoms with Gasteiger partial charge >= 0.3 is 0 Å². The van der Waals surface area contributed by atoms with E-state index < -0.39 is 0 Å². The van der Waals surface area contributed by atoms with E-state index in [1.807, 2.05) is 18.4 Å². The molecular weight excluding hydrogens is 273 g/mol. The van der Waals surface area contributed by atoms with E-state index in [2.05, 4.69) is 26.1 Å². The van der Waals surface area contributed by atoms with Crippen LogP contribution in [0.4, 0.5) is 4.39 Å². The van der Waals surface area contributed by atoms with Gasteiger partial charge in [-0.1, -0.05) is 6.07 Å². The predicted octanol–water partition coefficient (Wildman–Crippen LogP) is 3.43. The summed E-state index contributed by atoms with van der Waals surface area (Å²) >= 11 is 3.33. The van der Waals surface area contributed by atoms with Crippen LogP contribution in [0.3, 0.4) is 0 Å². The van der Waals surface area contributed by atoms with Crippen LogP contribution < -0.4 is 0 Å². The van der Waals surface area contributed by atoms with E-state index in [0.717, 1.165) is 0 Å². The minimum absolute atomic E-state index is 0.191. The van der Waals surface area contributed by atoms with Gasteiger partial charge in [-0.2, -0.15) is 0 Å². The number of hydrogen-bond acceptors (Lipinski definition) is 2. The Bertz CT molecular complexity index is 487. The maximum atomic E-state index is 13.7. The van der Waals surface area contributed by atoms with Crippen molar-refractivity contribution < 1.29 is 4.39 Å². The summed E-state index contributed by atoms with van der Waals surface area (Å²) < 4.78 is 16.3. The van der Waals surface area contributed by atoms with Crippen LogP contribution in [0.25, 0.3) is 11.4 Å². The number of nitrogens with zero attached hydrogens (tertiary/aromatic N) is 3. The van der Waals surface area contributed by atoms with Gasteiger partial charge in [0.2, 0.25) is 0 Å². The third-order valence-electron chi connectivity index (χ3n) is 2.32. The minimum atomic E-state index is -0.302. The summed E-state index contributed by atoms with van der Waals surface area (Å²) in [5.41, 5.74) is 0.453. The van der Waals surface area contributed by atoms with Gasteiger partial charge in [0.05, 0.1) is 5.56 Å². The van der Waals surface area contributed by atoms with Crippen LogP contribution in [-0.4, -0.2) is 14.8 Å². The number of halogens is 2. The molecule has 0 aliphatic heterocycles. The topological polar surface area (TPSA) is 30.7 Å². The molecule has 0 saturated heterocycles. The smallest absolute Gasteiger partial charge is 0.168 e. The Hall–Kier alpha value is -1.23. The molecule has 0 bridgehead atoms. The highest BCUT2D eigenvalue weighted by molar-refractivity contribution is 9.10. The summed E-state index contributed by atoms with van der Waals surface area (Å²) in [5.74, 6) is 0.240. The molecule has 16 heavy (non-hydrogen) atoms. The van der Waals surface area contributed by atoms with Gasteiger partial charge in [-0.15, -0.1) is 10.2 Å². The first kappa shape index (κ1) is 11.3. The average molecular weight is 284 g/mol. The second-order valence-corrected chi connectivity index (χ2v) is 4.61. The molecule has 0 N–H and O–H groups in total. The lowest BCUT2D eigenvalue weighted by Gasteiger charge is -2.11. The van der Waals surface area contributed by atoms with Crippen molar-refractivity contribution in [2.75, 3.05) is 0 Å². The van der Waals surface area contributed by atoms with E-state index in [1.54, 1.807) is 18.5 Å². The number of aromatic nitrogens is 3. The van der Waals surface area contributed by atoms with Crippen LogP contribution in [0.1, 0.15) is 19.9 Å². The van der Waals surface area contributed by atoms with Crippen LogP contribution in [-0.2, 0) is 0 Å². The number of rotatable bonds is 2. The molecule has 2 rings (SSSR count). The zero-order valence-electron chi connectivity index (χ0n) is 8.98. The molecule has 0 radical (unpaired) electrons. The molecule has 0 saturated carbocycles. The Morgan fingerprint density at radius 3 is 2.75 bits per heavy atom. The van der Waals surface area contributed by atoms with Crippen LogP contribution in [0, 0.1) is 5.82 Å². The summed E-state index contributed by atoms with van der Waals surface area (Å²) in [4.78, 5) is 0. The van der Waals surface area contributed by atoms with Gasteiger partial charge in [-0.05, 0) is 41.9 Å². The van der Waals surface area contributed by atoms with E-state index in [9.17, 15) is 4.39 Å². The zero-order valence-corrected chi connectivity index (χ0v) is 10.6. The first-order valence-electron chi connectivity index (χ1n) is 4.95. The Morgan fingerprint density at radius 1 is 1.38 bits per heavy atom. The molecule has 0 aliphatic rings. The summed E-state index contributed by atoms with van der Waals surface area (Å²) in [7, 11) is 0. The molecule has 2 aromatic rings. The van der Waals surface area contributed by atoms with Crippen molar-refractivity contribution in [2.45, 2.75) is 19.9 Å².